The summed E-state index contributed by atoms with van der Waals surface area (Å²) in [5.41, 5.74) is 2.75. The summed E-state index contributed by atoms with van der Waals surface area (Å²) in [4.78, 5) is 12.8. The zero-order chi connectivity index (χ0) is 20.2. The molecule has 146 valence electrons. The Morgan fingerprint density at radius 3 is 2.38 bits per heavy atom. The lowest BCUT2D eigenvalue weighted by molar-refractivity contribution is 0.102. The molecule has 1 aromatic heterocycles. The van der Waals surface area contributed by atoms with E-state index in [2.05, 4.69) is 34.6 Å². The van der Waals surface area contributed by atoms with Crippen molar-refractivity contribution in [1.82, 2.24) is 10.2 Å². The van der Waals surface area contributed by atoms with Gasteiger partial charge in [0, 0.05) is 0 Å². The quantitative estimate of drug-likeness (QED) is 0.522. The van der Waals surface area contributed by atoms with Gasteiger partial charge in [-0.05, 0) is 40.5 Å². The van der Waals surface area contributed by atoms with Crippen LogP contribution in [0.2, 0.25) is 0 Å². The molecule has 0 spiro atoms. The molecule has 1 heterocycles. The van der Waals surface area contributed by atoms with Gasteiger partial charge in [0.25, 0.3) is 5.91 Å². The molecule has 6 nitrogen and oxygen atoms in total. The predicted octanol–water partition coefficient (Wildman–Crippen LogP) is 4.64. The van der Waals surface area contributed by atoms with E-state index in [-0.39, 0.29) is 11.9 Å². The van der Waals surface area contributed by atoms with Crippen LogP contribution in [0.25, 0.3) is 10.8 Å². The van der Waals surface area contributed by atoms with Crippen LogP contribution in [0.4, 0.5) is 6.01 Å². The molecule has 0 fully saturated rings. The average Bonchev–Trinajstić information content (AvgIpc) is 3.19. The normalized spacial score (nSPS) is 10.8. The van der Waals surface area contributed by atoms with Crippen LogP contribution >= 0.6 is 0 Å². The molecule has 6 heteroatoms. The number of ether oxygens (including phenoxy) is 1. The molecule has 0 atom stereocenters. The highest BCUT2D eigenvalue weighted by molar-refractivity contribution is 6.07. The van der Waals surface area contributed by atoms with Crippen LogP contribution in [-0.2, 0) is 12.8 Å². The number of nitrogens with one attached hydrogen (secondary N) is 1. The van der Waals surface area contributed by atoms with E-state index in [9.17, 15) is 4.79 Å². The van der Waals surface area contributed by atoms with E-state index in [4.69, 9.17) is 9.15 Å². The molecule has 0 aliphatic rings. The second kappa shape index (κ2) is 8.14. The SMILES string of the molecule is CCc1ccc(Cc2nnc(NC(=O)c3cc4ccccc4cc3OC)o2)cc1. The number of anilines is 1. The maximum absolute atomic E-state index is 12.8. The minimum absolute atomic E-state index is 0.0605. The second-order valence-corrected chi connectivity index (χ2v) is 6.70. The summed E-state index contributed by atoms with van der Waals surface area (Å²) in [5.74, 6) is 0.557. The Morgan fingerprint density at radius 1 is 1.00 bits per heavy atom. The highest BCUT2D eigenvalue weighted by Gasteiger charge is 2.17. The molecule has 0 radical (unpaired) electrons. The Morgan fingerprint density at radius 2 is 1.69 bits per heavy atom. The lowest BCUT2D eigenvalue weighted by Gasteiger charge is -2.09. The van der Waals surface area contributed by atoms with Crippen LogP contribution in [0, 0.1) is 0 Å². The lowest BCUT2D eigenvalue weighted by Crippen LogP contribution is -2.13. The molecule has 0 bridgehead atoms. The molecule has 0 saturated heterocycles. The number of benzene rings is 3. The Bertz CT molecular complexity index is 1150. The van der Waals surface area contributed by atoms with Gasteiger partial charge in [0.2, 0.25) is 5.89 Å². The van der Waals surface area contributed by atoms with Gasteiger partial charge in [0.1, 0.15) is 5.75 Å². The number of fused-ring (bicyclic) bond motifs is 1. The van der Waals surface area contributed by atoms with Gasteiger partial charge < -0.3 is 9.15 Å². The Balaban J connectivity index is 1.51. The number of carbonyl (C=O) groups is 1. The van der Waals surface area contributed by atoms with Gasteiger partial charge in [0.05, 0.1) is 19.1 Å². The Kier molecular flexibility index (Phi) is 5.24. The number of aromatic nitrogens is 2. The molecular formula is C23H21N3O3. The summed E-state index contributed by atoms with van der Waals surface area (Å²) in [6.07, 6.45) is 1.50. The van der Waals surface area contributed by atoms with Gasteiger partial charge in [-0.1, -0.05) is 60.6 Å². The number of aryl methyl sites for hydroxylation is 1. The van der Waals surface area contributed by atoms with E-state index in [0.717, 1.165) is 22.8 Å². The van der Waals surface area contributed by atoms with Crippen molar-refractivity contribution in [3.05, 3.63) is 83.2 Å². The fourth-order valence-electron chi connectivity index (χ4n) is 3.17. The molecule has 0 saturated carbocycles. The maximum Gasteiger partial charge on any atom is 0.322 e. The maximum atomic E-state index is 12.8. The lowest BCUT2D eigenvalue weighted by atomic mass is 10.1. The van der Waals surface area contributed by atoms with Crippen molar-refractivity contribution in [1.29, 1.82) is 0 Å². The van der Waals surface area contributed by atoms with Crippen molar-refractivity contribution in [2.24, 2.45) is 0 Å². The van der Waals surface area contributed by atoms with E-state index in [1.807, 2.05) is 42.5 Å². The number of methoxy groups -OCH3 is 1. The molecule has 0 aliphatic carbocycles. The highest BCUT2D eigenvalue weighted by Crippen LogP contribution is 2.26. The number of carbonyl (C=O) groups excluding carboxylic acids is 1. The number of nitrogens with zero attached hydrogens (tertiary/aromatic N) is 2. The molecule has 1 amide bonds. The van der Waals surface area contributed by atoms with Gasteiger partial charge in [0.15, 0.2) is 0 Å². The van der Waals surface area contributed by atoms with Crippen molar-refractivity contribution < 1.29 is 13.9 Å². The van der Waals surface area contributed by atoms with Crippen LogP contribution in [0.15, 0.2) is 65.1 Å². The Labute approximate surface area is 168 Å². The minimum Gasteiger partial charge on any atom is -0.496 e. The highest BCUT2D eigenvalue weighted by atomic mass is 16.5. The summed E-state index contributed by atoms with van der Waals surface area (Å²) < 4.78 is 11.0. The van der Waals surface area contributed by atoms with Crippen molar-refractivity contribution in [3.8, 4) is 5.75 Å². The molecule has 4 rings (SSSR count). The van der Waals surface area contributed by atoms with Crippen molar-refractivity contribution in [2.45, 2.75) is 19.8 Å². The van der Waals surface area contributed by atoms with Crippen molar-refractivity contribution in [3.63, 3.8) is 0 Å². The molecule has 0 aliphatic heterocycles. The molecule has 0 unspecified atom stereocenters. The first kappa shape index (κ1) is 18.7. The zero-order valence-electron chi connectivity index (χ0n) is 16.3. The Hall–Kier alpha value is -3.67. The van der Waals surface area contributed by atoms with Gasteiger partial charge >= 0.3 is 6.01 Å². The third-order valence-electron chi connectivity index (χ3n) is 4.79. The van der Waals surface area contributed by atoms with Gasteiger partial charge in [-0.15, -0.1) is 5.10 Å². The van der Waals surface area contributed by atoms with E-state index < -0.39 is 0 Å². The van der Waals surface area contributed by atoms with E-state index >= 15 is 0 Å². The third-order valence-corrected chi connectivity index (χ3v) is 4.79. The molecule has 1 N–H and O–H groups in total. The van der Waals surface area contributed by atoms with Crippen LogP contribution in [-0.4, -0.2) is 23.2 Å². The molecular weight excluding hydrogens is 366 g/mol. The van der Waals surface area contributed by atoms with E-state index in [1.54, 1.807) is 6.07 Å². The topological polar surface area (TPSA) is 77.2 Å². The van der Waals surface area contributed by atoms with Crippen LogP contribution in [0.1, 0.15) is 34.3 Å². The number of amides is 1. The van der Waals surface area contributed by atoms with Gasteiger partial charge in [-0.2, -0.15) is 0 Å². The van der Waals surface area contributed by atoms with Gasteiger partial charge in [-0.25, -0.2) is 0 Å². The average molecular weight is 387 g/mol. The first-order valence-corrected chi connectivity index (χ1v) is 9.44. The standard InChI is InChI=1S/C23H21N3O3/c1-3-15-8-10-16(11-9-15)12-21-25-26-23(29-21)24-22(27)19-13-17-6-4-5-7-18(17)14-20(19)28-2/h4-11,13-14H,3,12H2,1-2H3,(H,24,26,27). The second-order valence-electron chi connectivity index (χ2n) is 6.70. The van der Waals surface area contributed by atoms with Crippen LogP contribution < -0.4 is 10.1 Å². The van der Waals surface area contributed by atoms with E-state index in [1.165, 1.54) is 12.7 Å². The number of rotatable bonds is 6. The van der Waals surface area contributed by atoms with E-state index in [0.29, 0.717) is 23.6 Å². The third kappa shape index (κ3) is 4.11. The summed E-state index contributed by atoms with van der Waals surface area (Å²) in [5, 5.41) is 12.6. The summed E-state index contributed by atoms with van der Waals surface area (Å²) in [6, 6.07) is 19.7. The summed E-state index contributed by atoms with van der Waals surface area (Å²) in [6.45, 7) is 2.12. The number of hydrogen-bond donors (Lipinski definition) is 1. The largest absolute Gasteiger partial charge is 0.496 e. The summed E-state index contributed by atoms with van der Waals surface area (Å²) >= 11 is 0. The van der Waals surface area contributed by atoms with Crippen molar-refractivity contribution >= 4 is 22.7 Å². The molecule has 29 heavy (non-hydrogen) atoms. The first-order valence-electron chi connectivity index (χ1n) is 9.44. The van der Waals surface area contributed by atoms with Crippen LogP contribution in [0.5, 0.6) is 5.75 Å². The zero-order valence-corrected chi connectivity index (χ0v) is 16.3. The fourth-order valence-corrected chi connectivity index (χ4v) is 3.17. The monoisotopic (exact) mass is 387 g/mol. The van der Waals surface area contributed by atoms with Crippen LogP contribution in [0.3, 0.4) is 0 Å². The molecule has 3 aromatic carbocycles. The van der Waals surface area contributed by atoms with Gasteiger partial charge in [-0.3, -0.25) is 10.1 Å². The van der Waals surface area contributed by atoms with Crippen molar-refractivity contribution in [2.75, 3.05) is 12.4 Å². The number of hydrogen-bond acceptors (Lipinski definition) is 5. The minimum atomic E-state index is -0.366. The predicted molar refractivity (Wildman–Crippen MR) is 111 cm³/mol. The smallest absolute Gasteiger partial charge is 0.322 e. The molecule has 4 aromatic rings. The summed E-state index contributed by atoms with van der Waals surface area (Å²) in [7, 11) is 1.54. The fraction of sp³-hybridized carbons (Fsp3) is 0.174. The first-order chi connectivity index (χ1) is 14.2.